The molecule has 0 radical (unpaired) electrons. The second kappa shape index (κ2) is 6.23. The molecule has 0 saturated carbocycles. The van der Waals surface area contributed by atoms with E-state index in [-0.39, 0.29) is 11.4 Å². The molecular weight excluding hydrogens is 372 g/mol. The van der Waals surface area contributed by atoms with Crippen LogP contribution >= 0.6 is 15.9 Å². The quantitative estimate of drug-likeness (QED) is 0.848. The first-order valence-electron chi connectivity index (χ1n) is 8.16. The van der Waals surface area contributed by atoms with Gasteiger partial charge in [0.2, 0.25) is 0 Å². The normalized spacial score (nSPS) is 21.2. The highest BCUT2D eigenvalue weighted by atomic mass is 79.9. The topological polar surface area (TPSA) is 79.8 Å². The minimum absolute atomic E-state index is 0.0736. The molecule has 0 spiro atoms. The SMILES string of the molecule is CCN(C)C(=O)N1CCC[C@](C)(c2nc(Br)c3c(N)nccn23)C1. The highest BCUT2D eigenvalue weighted by Crippen LogP contribution is 2.36. The first kappa shape index (κ1) is 17.0. The second-order valence-corrected chi connectivity index (χ2v) is 7.39. The van der Waals surface area contributed by atoms with Gasteiger partial charge >= 0.3 is 6.03 Å². The number of anilines is 1. The molecule has 8 heteroatoms. The first-order chi connectivity index (χ1) is 11.4. The van der Waals surface area contributed by atoms with Gasteiger partial charge in [0.05, 0.1) is 0 Å². The minimum atomic E-state index is -0.231. The third-order valence-corrected chi connectivity index (χ3v) is 5.40. The van der Waals surface area contributed by atoms with E-state index in [1.807, 2.05) is 29.5 Å². The van der Waals surface area contributed by atoms with Crippen LogP contribution in [0.5, 0.6) is 0 Å². The summed E-state index contributed by atoms with van der Waals surface area (Å²) in [5, 5.41) is 0. The number of amides is 2. The Morgan fingerprint density at radius 2 is 2.29 bits per heavy atom. The van der Waals surface area contributed by atoms with Gasteiger partial charge in [0.1, 0.15) is 15.9 Å². The summed E-state index contributed by atoms with van der Waals surface area (Å²) >= 11 is 3.50. The maximum Gasteiger partial charge on any atom is 0.319 e. The number of imidazole rings is 1. The van der Waals surface area contributed by atoms with Gasteiger partial charge in [-0.05, 0) is 35.7 Å². The summed E-state index contributed by atoms with van der Waals surface area (Å²) in [6.45, 7) is 6.27. The molecule has 24 heavy (non-hydrogen) atoms. The van der Waals surface area contributed by atoms with Gasteiger partial charge in [-0.15, -0.1) is 0 Å². The summed E-state index contributed by atoms with van der Waals surface area (Å²) in [7, 11) is 1.84. The Labute approximate surface area is 150 Å². The van der Waals surface area contributed by atoms with Crippen molar-refractivity contribution in [2.45, 2.75) is 32.1 Å². The van der Waals surface area contributed by atoms with Crippen molar-refractivity contribution in [1.29, 1.82) is 0 Å². The van der Waals surface area contributed by atoms with Crippen LogP contribution in [0.15, 0.2) is 17.0 Å². The lowest BCUT2D eigenvalue weighted by molar-refractivity contribution is 0.127. The maximum absolute atomic E-state index is 12.6. The Balaban J connectivity index is 1.99. The number of hydrogen-bond acceptors (Lipinski definition) is 4. The van der Waals surface area contributed by atoms with Gasteiger partial charge < -0.3 is 15.5 Å². The van der Waals surface area contributed by atoms with Crippen molar-refractivity contribution < 1.29 is 4.79 Å². The molecule has 0 unspecified atom stereocenters. The Bertz CT molecular complexity index is 775. The average Bonchev–Trinajstić information content (AvgIpc) is 2.92. The van der Waals surface area contributed by atoms with E-state index in [1.54, 1.807) is 11.1 Å². The number of halogens is 1. The second-order valence-electron chi connectivity index (χ2n) is 6.64. The number of likely N-dealkylation sites (tertiary alicyclic amines) is 1. The standard InChI is InChI=1S/C16H23BrN6O/c1-4-21(3)15(24)22-8-5-6-16(2,10-22)14-20-12(17)11-13(18)19-7-9-23(11)14/h7,9H,4-6,8,10H2,1-3H3,(H2,18,19)/t16-/m0/s1. The largest absolute Gasteiger partial charge is 0.382 e. The van der Waals surface area contributed by atoms with Crippen molar-refractivity contribution in [2.75, 3.05) is 32.4 Å². The van der Waals surface area contributed by atoms with E-state index in [0.717, 1.165) is 30.7 Å². The highest BCUT2D eigenvalue weighted by Gasteiger charge is 2.39. The number of urea groups is 1. The van der Waals surface area contributed by atoms with E-state index in [0.29, 0.717) is 23.5 Å². The molecule has 2 aromatic heterocycles. The van der Waals surface area contributed by atoms with Gasteiger partial charge in [0.15, 0.2) is 5.82 Å². The van der Waals surface area contributed by atoms with Crippen molar-refractivity contribution in [3.63, 3.8) is 0 Å². The lowest BCUT2D eigenvalue weighted by Gasteiger charge is -2.40. The first-order valence-corrected chi connectivity index (χ1v) is 8.95. The molecule has 2 aromatic rings. The van der Waals surface area contributed by atoms with Gasteiger partial charge in [-0.2, -0.15) is 0 Å². The van der Waals surface area contributed by atoms with E-state index in [9.17, 15) is 4.79 Å². The molecule has 2 amide bonds. The number of piperidine rings is 1. The molecule has 0 aliphatic carbocycles. The van der Waals surface area contributed by atoms with E-state index >= 15 is 0 Å². The van der Waals surface area contributed by atoms with Crippen LogP contribution in [0.2, 0.25) is 0 Å². The molecule has 0 bridgehead atoms. The molecule has 7 nitrogen and oxygen atoms in total. The summed E-state index contributed by atoms with van der Waals surface area (Å²) in [6.07, 6.45) is 5.48. The Kier molecular flexibility index (Phi) is 4.42. The lowest BCUT2D eigenvalue weighted by Crippen LogP contribution is -2.51. The number of carbonyl (C=O) groups excluding carboxylic acids is 1. The number of nitrogen functional groups attached to an aromatic ring is 1. The summed E-state index contributed by atoms with van der Waals surface area (Å²) in [4.78, 5) is 25.1. The number of nitrogens with two attached hydrogens (primary N) is 1. The summed E-state index contributed by atoms with van der Waals surface area (Å²) in [5.41, 5.74) is 6.55. The van der Waals surface area contributed by atoms with Crippen molar-refractivity contribution in [3.05, 3.63) is 22.8 Å². The third kappa shape index (κ3) is 2.72. The molecule has 3 heterocycles. The van der Waals surface area contributed by atoms with E-state index < -0.39 is 0 Å². The predicted octanol–water partition coefficient (Wildman–Crippen LogP) is 2.50. The molecule has 2 N–H and O–H groups in total. The molecule has 1 atom stereocenters. The lowest BCUT2D eigenvalue weighted by atomic mass is 9.81. The Hall–Kier alpha value is -1.83. The molecule has 1 fully saturated rings. The smallest absolute Gasteiger partial charge is 0.319 e. The van der Waals surface area contributed by atoms with Gasteiger partial charge in [0.25, 0.3) is 0 Å². The fourth-order valence-corrected chi connectivity index (χ4v) is 3.97. The zero-order chi connectivity index (χ0) is 17.5. The molecule has 1 aliphatic rings. The van der Waals surface area contributed by atoms with Crippen molar-refractivity contribution in [1.82, 2.24) is 24.2 Å². The van der Waals surface area contributed by atoms with Crippen LogP contribution in [0, 0.1) is 0 Å². The van der Waals surface area contributed by atoms with Gasteiger partial charge in [-0.1, -0.05) is 6.92 Å². The molecule has 1 saturated heterocycles. The van der Waals surface area contributed by atoms with Crippen LogP contribution in [0.4, 0.5) is 10.6 Å². The van der Waals surface area contributed by atoms with Crippen LogP contribution in [0.1, 0.15) is 32.5 Å². The van der Waals surface area contributed by atoms with E-state index in [4.69, 9.17) is 10.7 Å². The summed E-state index contributed by atoms with van der Waals surface area (Å²) in [6, 6.07) is 0.0736. The van der Waals surface area contributed by atoms with Crippen molar-refractivity contribution >= 4 is 33.3 Å². The average molecular weight is 395 g/mol. The van der Waals surface area contributed by atoms with Crippen LogP contribution in [0.25, 0.3) is 5.52 Å². The number of hydrogen-bond donors (Lipinski definition) is 1. The van der Waals surface area contributed by atoms with Crippen LogP contribution in [0.3, 0.4) is 0 Å². The number of fused-ring (bicyclic) bond motifs is 1. The van der Waals surface area contributed by atoms with Crippen molar-refractivity contribution in [3.8, 4) is 0 Å². The minimum Gasteiger partial charge on any atom is -0.382 e. The van der Waals surface area contributed by atoms with Crippen LogP contribution in [-0.2, 0) is 5.41 Å². The summed E-state index contributed by atoms with van der Waals surface area (Å²) < 4.78 is 2.68. The molecule has 0 aromatic carbocycles. The predicted molar refractivity (Wildman–Crippen MR) is 97.0 cm³/mol. The zero-order valence-corrected chi connectivity index (χ0v) is 15.9. The van der Waals surface area contributed by atoms with E-state index in [1.165, 1.54) is 0 Å². The van der Waals surface area contributed by atoms with E-state index in [2.05, 4.69) is 27.8 Å². The molecule has 3 rings (SSSR count). The Morgan fingerprint density at radius 1 is 1.54 bits per heavy atom. The van der Waals surface area contributed by atoms with Gasteiger partial charge in [-0.3, -0.25) is 4.40 Å². The molecule has 130 valence electrons. The van der Waals surface area contributed by atoms with Crippen LogP contribution in [-0.4, -0.2) is 56.9 Å². The third-order valence-electron chi connectivity index (χ3n) is 4.85. The van der Waals surface area contributed by atoms with Gasteiger partial charge in [0, 0.05) is 44.5 Å². The fraction of sp³-hybridized carbons (Fsp3) is 0.562. The number of aromatic nitrogens is 3. The number of carbonyl (C=O) groups is 1. The number of nitrogens with zero attached hydrogens (tertiary/aromatic N) is 5. The fourth-order valence-electron chi connectivity index (χ4n) is 3.41. The maximum atomic E-state index is 12.6. The van der Waals surface area contributed by atoms with Gasteiger partial charge in [-0.25, -0.2) is 14.8 Å². The monoisotopic (exact) mass is 394 g/mol. The molecular formula is C16H23BrN6O. The molecule has 1 aliphatic heterocycles. The Morgan fingerprint density at radius 3 is 3.00 bits per heavy atom. The summed E-state index contributed by atoms with van der Waals surface area (Å²) in [5.74, 6) is 1.36. The zero-order valence-electron chi connectivity index (χ0n) is 14.3. The van der Waals surface area contributed by atoms with Crippen LogP contribution < -0.4 is 5.73 Å². The van der Waals surface area contributed by atoms with Crippen molar-refractivity contribution in [2.24, 2.45) is 0 Å². The highest BCUT2D eigenvalue weighted by molar-refractivity contribution is 9.10. The number of rotatable bonds is 2.